The fourth-order valence-electron chi connectivity index (χ4n) is 1.40. The monoisotopic (exact) mass is 311 g/mol. The lowest BCUT2D eigenvalue weighted by Crippen LogP contribution is -2.26. The van der Waals surface area contributed by atoms with Crippen molar-refractivity contribution in [2.24, 2.45) is 0 Å². The van der Waals surface area contributed by atoms with Gasteiger partial charge in [0.25, 0.3) is 5.91 Å². The van der Waals surface area contributed by atoms with Gasteiger partial charge in [-0.15, -0.1) is 11.3 Å². The summed E-state index contributed by atoms with van der Waals surface area (Å²) >= 11 is 5.01. The van der Waals surface area contributed by atoms with E-state index in [0.29, 0.717) is 12.1 Å². The highest BCUT2D eigenvalue weighted by atomic mass is 79.9. The molecule has 2 aromatic heterocycles. The molecular formula is C11H10BrN3OS. The van der Waals surface area contributed by atoms with Gasteiger partial charge in [0.15, 0.2) is 0 Å². The number of rotatable bonds is 3. The minimum Gasteiger partial charge on any atom is -0.337 e. The summed E-state index contributed by atoms with van der Waals surface area (Å²) in [7, 11) is 1.76. The van der Waals surface area contributed by atoms with E-state index in [1.165, 1.54) is 18.7 Å². The van der Waals surface area contributed by atoms with Crippen LogP contribution in [-0.2, 0) is 6.54 Å². The van der Waals surface area contributed by atoms with E-state index in [1.807, 2.05) is 11.4 Å². The van der Waals surface area contributed by atoms with Crippen LogP contribution < -0.4 is 0 Å². The van der Waals surface area contributed by atoms with E-state index in [4.69, 9.17) is 0 Å². The van der Waals surface area contributed by atoms with Crippen molar-refractivity contribution in [1.82, 2.24) is 14.9 Å². The molecule has 88 valence electrons. The number of hydrogen-bond acceptors (Lipinski definition) is 4. The van der Waals surface area contributed by atoms with Crippen LogP contribution in [0.1, 0.15) is 15.9 Å². The highest BCUT2D eigenvalue weighted by Crippen LogP contribution is 2.21. The van der Waals surface area contributed by atoms with Gasteiger partial charge in [0, 0.05) is 26.0 Å². The third-order valence-corrected chi connectivity index (χ3v) is 3.75. The van der Waals surface area contributed by atoms with E-state index < -0.39 is 0 Å². The van der Waals surface area contributed by atoms with E-state index in [-0.39, 0.29) is 5.91 Å². The van der Waals surface area contributed by atoms with Gasteiger partial charge in [-0.2, -0.15) is 0 Å². The maximum Gasteiger partial charge on any atom is 0.257 e. The van der Waals surface area contributed by atoms with Crippen molar-refractivity contribution in [1.29, 1.82) is 0 Å². The Bertz CT molecular complexity index is 514. The first-order valence-corrected chi connectivity index (χ1v) is 6.57. The molecule has 0 spiro atoms. The number of hydrogen-bond donors (Lipinski definition) is 0. The van der Waals surface area contributed by atoms with Gasteiger partial charge >= 0.3 is 0 Å². The van der Waals surface area contributed by atoms with Gasteiger partial charge < -0.3 is 4.90 Å². The molecule has 0 saturated carbocycles. The van der Waals surface area contributed by atoms with Gasteiger partial charge in [-0.1, -0.05) is 0 Å². The van der Waals surface area contributed by atoms with Crippen LogP contribution in [0.5, 0.6) is 0 Å². The normalized spacial score (nSPS) is 10.2. The molecule has 1 amide bonds. The average molecular weight is 312 g/mol. The summed E-state index contributed by atoms with van der Waals surface area (Å²) in [5, 5.41) is 2.02. The third-order valence-electron chi connectivity index (χ3n) is 2.20. The predicted octanol–water partition coefficient (Wildman–Crippen LogP) is 2.57. The van der Waals surface area contributed by atoms with Gasteiger partial charge in [0.1, 0.15) is 6.33 Å². The number of thiophene rings is 1. The zero-order valence-corrected chi connectivity index (χ0v) is 11.5. The van der Waals surface area contributed by atoms with Crippen LogP contribution in [0.4, 0.5) is 0 Å². The first-order chi connectivity index (χ1) is 8.16. The van der Waals surface area contributed by atoms with Crippen LogP contribution in [0.25, 0.3) is 0 Å². The van der Waals surface area contributed by atoms with Crippen molar-refractivity contribution in [3.05, 3.63) is 45.1 Å². The van der Waals surface area contributed by atoms with Gasteiger partial charge in [0.2, 0.25) is 0 Å². The lowest BCUT2D eigenvalue weighted by atomic mass is 10.2. The first kappa shape index (κ1) is 12.2. The standard InChI is InChI=1S/C11H10BrN3OS/c1-15(5-8-2-10(12)17-6-8)11(16)9-3-13-7-14-4-9/h2-4,6-7H,5H2,1H3. The summed E-state index contributed by atoms with van der Waals surface area (Å²) < 4.78 is 1.07. The van der Waals surface area contributed by atoms with Crippen LogP contribution in [0.3, 0.4) is 0 Å². The molecule has 0 atom stereocenters. The molecule has 4 nitrogen and oxygen atoms in total. The Balaban J connectivity index is 2.06. The Morgan fingerprint density at radius 1 is 1.47 bits per heavy atom. The lowest BCUT2D eigenvalue weighted by molar-refractivity contribution is 0.0784. The van der Waals surface area contributed by atoms with Crippen LogP contribution in [0.15, 0.2) is 34.0 Å². The number of aromatic nitrogens is 2. The molecule has 17 heavy (non-hydrogen) atoms. The Morgan fingerprint density at radius 3 is 2.76 bits per heavy atom. The molecule has 0 fully saturated rings. The van der Waals surface area contributed by atoms with Crippen LogP contribution >= 0.6 is 27.3 Å². The lowest BCUT2D eigenvalue weighted by Gasteiger charge is -2.15. The number of halogens is 1. The highest BCUT2D eigenvalue weighted by molar-refractivity contribution is 9.11. The van der Waals surface area contributed by atoms with E-state index in [2.05, 4.69) is 25.9 Å². The molecule has 0 radical (unpaired) electrons. The molecule has 0 aromatic carbocycles. The molecule has 0 aliphatic carbocycles. The maximum absolute atomic E-state index is 12.0. The third kappa shape index (κ3) is 3.10. The van der Waals surface area contributed by atoms with Crippen molar-refractivity contribution >= 4 is 33.2 Å². The number of amides is 1. The molecule has 0 N–H and O–H groups in total. The fourth-order valence-corrected chi connectivity index (χ4v) is 2.60. The Kier molecular flexibility index (Phi) is 3.86. The molecule has 0 aliphatic rings. The summed E-state index contributed by atoms with van der Waals surface area (Å²) in [6.07, 6.45) is 4.46. The molecular weight excluding hydrogens is 302 g/mol. The van der Waals surface area contributed by atoms with E-state index in [1.54, 1.807) is 23.3 Å². The van der Waals surface area contributed by atoms with E-state index >= 15 is 0 Å². The second-order valence-electron chi connectivity index (χ2n) is 3.55. The Morgan fingerprint density at radius 2 is 2.18 bits per heavy atom. The molecule has 0 saturated heterocycles. The summed E-state index contributed by atoms with van der Waals surface area (Å²) in [6.45, 7) is 0.579. The van der Waals surface area contributed by atoms with Crippen molar-refractivity contribution in [2.75, 3.05) is 7.05 Å². The largest absolute Gasteiger partial charge is 0.337 e. The summed E-state index contributed by atoms with van der Waals surface area (Å²) in [4.78, 5) is 21.3. The van der Waals surface area contributed by atoms with Gasteiger partial charge in [0.05, 0.1) is 9.35 Å². The van der Waals surface area contributed by atoms with Crippen LogP contribution in [0.2, 0.25) is 0 Å². The first-order valence-electron chi connectivity index (χ1n) is 4.90. The minimum atomic E-state index is -0.0760. The highest BCUT2D eigenvalue weighted by Gasteiger charge is 2.12. The minimum absolute atomic E-state index is 0.0760. The van der Waals surface area contributed by atoms with Crippen molar-refractivity contribution in [3.63, 3.8) is 0 Å². The fraction of sp³-hybridized carbons (Fsp3) is 0.182. The van der Waals surface area contributed by atoms with Crippen molar-refractivity contribution in [3.8, 4) is 0 Å². The smallest absolute Gasteiger partial charge is 0.257 e. The second-order valence-corrected chi connectivity index (χ2v) is 5.84. The van der Waals surface area contributed by atoms with Crippen molar-refractivity contribution < 1.29 is 4.79 Å². The van der Waals surface area contributed by atoms with Crippen LogP contribution in [-0.4, -0.2) is 27.8 Å². The summed E-state index contributed by atoms with van der Waals surface area (Å²) in [6, 6.07) is 2.01. The summed E-state index contributed by atoms with van der Waals surface area (Å²) in [5.74, 6) is -0.0760. The average Bonchev–Trinajstić information content (AvgIpc) is 2.75. The van der Waals surface area contributed by atoms with Crippen molar-refractivity contribution in [2.45, 2.75) is 6.54 Å². The second kappa shape index (κ2) is 5.37. The number of nitrogens with zero attached hydrogens (tertiary/aromatic N) is 3. The molecule has 0 aliphatic heterocycles. The van der Waals surface area contributed by atoms with Gasteiger partial charge in [-0.3, -0.25) is 4.79 Å². The number of carbonyl (C=O) groups excluding carboxylic acids is 1. The molecule has 2 aromatic rings. The predicted molar refractivity (Wildman–Crippen MR) is 69.8 cm³/mol. The summed E-state index contributed by atoms with van der Waals surface area (Å²) in [5.41, 5.74) is 1.61. The molecule has 6 heteroatoms. The quantitative estimate of drug-likeness (QED) is 0.875. The molecule has 0 unspecified atom stereocenters. The molecule has 2 heterocycles. The molecule has 0 bridgehead atoms. The van der Waals surface area contributed by atoms with E-state index in [9.17, 15) is 4.79 Å². The topological polar surface area (TPSA) is 46.1 Å². The zero-order chi connectivity index (χ0) is 12.3. The van der Waals surface area contributed by atoms with E-state index in [0.717, 1.165) is 9.35 Å². The SMILES string of the molecule is CN(Cc1csc(Br)c1)C(=O)c1cncnc1. The maximum atomic E-state index is 12.0. The van der Waals surface area contributed by atoms with Gasteiger partial charge in [-0.25, -0.2) is 9.97 Å². The van der Waals surface area contributed by atoms with Crippen LogP contribution in [0, 0.1) is 0 Å². The number of carbonyl (C=O) groups is 1. The van der Waals surface area contributed by atoms with Gasteiger partial charge in [-0.05, 0) is 32.9 Å². The Hall–Kier alpha value is -1.27. The Labute approximate surface area is 111 Å². The molecule has 2 rings (SSSR count). The zero-order valence-electron chi connectivity index (χ0n) is 9.13.